The molecule has 2 N–H and O–H groups in total. The Kier molecular flexibility index (Phi) is 4.72. The Morgan fingerprint density at radius 1 is 1.39 bits per heavy atom. The molecule has 0 saturated carbocycles. The predicted molar refractivity (Wildman–Crippen MR) is 82.0 cm³/mol. The third kappa shape index (κ3) is 3.74. The lowest BCUT2D eigenvalue weighted by Crippen LogP contribution is -2.55. The fourth-order valence-corrected chi connectivity index (χ4v) is 2.95. The summed E-state index contributed by atoms with van der Waals surface area (Å²) < 4.78 is 10.8. The highest BCUT2D eigenvalue weighted by atomic mass is 16.5. The van der Waals surface area contributed by atoms with E-state index in [0.717, 1.165) is 32.1 Å². The lowest BCUT2D eigenvalue weighted by Gasteiger charge is -2.39. The number of carbonyl (C=O) groups is 1. The second kappa shape index (κ2) is 6.60. The minimum Gasteiger partial charge on any atom is -0.467 e. The third-order valence-electron chi connectivity index (χ3n) is 4.67. The zero-order valence-corrected chi connectivity index (χ0v) is 13.4. The molecule has 2 aliphatic rings. The number of morpholine rings is 1. The van der Waals surface area contributed by atoms with Crippen LogP contribution in [0.2, 0.25) is 0 Å². The van der Waals surface area contributed by atoms with Crippen molar-refractivity contribution in [2.45, 2.75) is 31.6 Å². The molecular weight excluding hydrogens is 300 g/mol. The van der Waals surface area contributed by atoms with Crippen LogP contribution in [-0.2, 0) is 11.3 Å². The number of β-amino-alcohol motifs (C(OH)–C–C–N with tert-alkyl or cyclic N) is 1. The van der Waals surface area contributed by atoms with Gasteiger partial charge in [0.2, 0.25) is 0 Å². The van der Waals surface area contributed by atoms with E-state index in [4.69, 9.17) is 9.15 Å². The normalized spacial score (nSPS) is 29.7. The van der Waals surface area contributed by atoms with E-state index in [1.165, 1.54) is 6.26 Å². The van der Waals surface area contributed by atoms with E-state index < -0.39 is 11.7 Å². The summed E-state index contributed by atoms with van der Waals surface area (Å²) in [6.07, 6.45) is 0.898. The molecule has 0 aliphatic carbocycles. The Balaban J connectivity index is 1.60. The first-order valence-electron chi connectivity index (χ1n) is 8.03. The number of ether oxygens (including phenoxy) is 1. The van der Waals surface area contributed by atoms with E-state index in [2.05, 4.69) is 4.90 Å². The number of furan rings is 1. The van der Waals surface area contributed by atoms with Crippen molar-refractivity contribution in [2.24, 2.45) is 0 Å². The topological polar surface area (TPSA) is 86.4 Å². The molecule has 2 saturated heterocycles. The molecule has 2 atom stereocenters. The Morgan fingerprint density at radius 3 is 2.83 bits per heavy atom. The predicted octanol–water partition coefficient (Wildman–Crippen LogP) is 0.0696. The number of aliphatic hydroxyl groups excluding tert-OH is 1. The summed E-state index contributed by atoms with van der Waals surface area (Å²) >= 11 is 0. The van der Waals surface area contributed by atoms with Crippen LogP contribution >= 0.6 is 0 Å². The van der Waals surface area contributed by atoms with Crippen LogP contribution in [0.25, 0.3) is 0 Å². The van der Waals surface area contributed by atoms with Crippen LogP contribution in [0.3, 0.4) is 0 Å². The van der Waals surface area contributed by atoms with Crippen molar-refractivity contribution in [1.29, 1.82) is 0 Å². The lowest BCUT2D eigenvalue weighted by atomic mass is 9.90. The minimum absolute atomic E-state index is 0.135. The molecule has 1 aromatic heterocycles. The molecule has 1 amide bonds. The fourth-order valence-electron chi connectivity index (χ4n) is 2.95. The highest BCUT2D eigenvalue weighted by molar-refractivity contribution is 5.94. The van der Waals surface area contributed by atoms with Gasteiger partial charge in [-0.25, -0.2) is 0 Å². The number of rotatable bonds is 3. The van der Waals surface area contributed by atoms with Crippen molar-refractivity contribution in [3.05, 3.63) is 23.7 Å². The Bertz CT molecular complexity index is 550. The van der Waals surface area contributed by atoms with Crippen molar-refractivity contribution in [3.8, 4) is 0 Å². The van der Waals surface area contributed by atoms with Crippen LogP contribution in [0, 0.1) is 0 Å². The highest BCUT2D eigenvalue weighted by Crippen LogP contribution is 2.23. The zero-order valence-electron chi connectivity index (χ0n) is 13.4. The van der Waals surface area contributed by atoms with Gasteiger partial charge in [-0.2, -0.15) is 0 Å². The average Bonchev–Trinajstić information content (AvgIpc) is 2.99. The van der Waals surface area contributed by atoms with Crippen LogP contribution in [0.4, 0.5) is 0 Å². The van der Waals surface area contributed by atoms with E-state index in [-0.39, 0.29) is 12.5 Å². The van der Waals surface area contributed by atoms with E-state index in [9.17, 15) is 15.0 Å². The number of hydrogen-bond donors (Lipinski definition) is 2. The fraction of sp³-hybridized carbons (Fsp3) is 0.688. The number of carbonyl (C=O) groups excluding carboxylic acids is 1. The van der Waals surface area contributed by atoms with Gasteiger partial charge >= 0.3 is 0 Å². The largest absolute Gasteiger partial charge is 0.467 e. The van der Waals surface area contributed by atoms with Crippen molar-refractivity contribution < 1.29 is 24.2 Å². The van der Waals surface area contributed by atoms with Crippen LogP contribution in [0.15, 0.2) is 16.7 Å². The Labute approximate surface area is 135 Å². The number of amides is 1. The van der Waals surface area contributed by atoms with Crippen molar-refractivity contribution in [1.82, 2.24) is 9.80 Å². The lowest BCUT2D eigenvalue weighted by molar-refractivity contribution is -0.0999. The molecular formula is C16H24N2O5. The second-order valence-corrected chi connectivity index (χ2v) is 6.56. The molecule has 0 aromatic carbocycles. The van der Waals surface area contributed by atoms with Gasteiger partial charge in [0.1, 0.15) is 12.0 Å². The minimum atomic E-state index is -1.13. The van der Waals surface area contributed by atoms with Gasteiger partial charge in [0.15, 0.2) is 0 Å². The van der Waals surface area contributed by atoms with Crippen LogP contribution < -0.4 is 0 Å². The van der Waals surface area contributed by atoms with Crippen LogP contribution in [0.5, 0.6) is 0 Å². The maximum absolute atomic E-state index is 12.5. The molecule has 7 heteroatoms. The summed E-state index contributed by atoms with van der Waals surface area (Å²) in [5.41, 5.74) is -0.642. The first-order chi connectivity index (χ1) is 11.0. The summed E-state index contributed by atoms with van der Waals surface area (Å²) in [4.78, 5) is 16.3. The molecule has 3 heterocycles. The quantitative estimate of drug-likeness (QED) is 0.818. The van der Waals surface area contributed by atoms with E-state index >= 15 is 0 Å². The smallest absolute Gasteiger partial charge is 0.257 e. The second-order valence-electron chi connectivity index (χ2n) is 6.56. The van der Waals surface area contributed by atoms with Gasteiger partial charge in [-0.05, 0) is 19.4 Å². The zero-order chi connectivity index (χ0) is 16.4. The van der Waals surface area contributed by atoms with Gasteiger partial charge in [0.05, 0.1) is 37.0 Å². The third-order valence-corrected chi connectivity index (χ3v) is 4.67. The van der Waals surface area contributed by atoms with Gasteiger partial charge in [0.25, 0.3) is 5.91 Å². The average molecular weight is 324 g/mol. The molecule has 2 aliphatic heterocycles. The van der Waals surface area contributed by atoms with Crippen molar-refractivity contribution in [2.75, 3.05) is 39.4 Å². The van der Waals surface area contributed by atoms with Crippen LogP contribution in [-0.4, -0.2) is 77.0 Å². The SMILES string of the molecule is C[C@]1(O)CCN(C(=O)c2coc(CN3CCOCC3)c2)C[C@@H]1O. The highest BCUT2D eigenvalue weighted by Gasteiger charge is 2.38. The van der Waals surface area contributed by atoms with E-state index in [0.29, 0.717) is 25.1 Å². The molecule has 128 valence electrons. The summed E-state index contributed by atoms with van der Waals surface area (Å²) in [5, 5.41) is 19.9. The maximum atomic E-state index is 12.5. The van der Waals surface area contributed by atoms with Crippen LogP contribution in [0.1, 0.15) is 29.5 Å². The van der Waals surface area contributed by atoms with Gasteiger partial charge < -0.3 is 24.3 Å². The van der Waals surface area contributed by atoms with Crippen molar-refractivity contribution >= 4 is 5.91 Å². The number of hydrogen-bond acceptors (Lipinski definition) is 6. The Morgan fingerprint density at radius 2 is 2.13 bits per heavy atom. The number of piperidine rings is 1. The van der Waals surface area contributed by atoms with Gasteiger partial charge in [-0.1, -0.05) is 0 Å². The van der Waals surface area contributed by atoms with Gasteiger partial charge in [-0.15, -0.1) is 0 Å². The standard InChI is InChI=1S/C16H24N2O5/c1-16(21)2-3-18(10-14(16)19)15(20)12-8-13(23-11-12)9-17-4-6-22-7-5-17/h8,11,14,19,21H,2-7,9-10H2,1H3/t14-,16-/m0/s1. The Hall–Kier alpha value is -1.41. The first-order valence-corrected chi connectivity index (χ1v) is 8.03. The van der Waals surface area contributed by atoms with Gasteiger partial charge in [-0.3, -0.25) is 9.69 Å². The molecule has 0 bridgehead atoms. The van der Waals surface area contributed by atoms with E-state index in [1.807, 2.05) is 0 Å². The molecule has 3 rings (SSSR count). The number of likely N-dealkylation sites (tertiary alicyclic amines) is 1. The van der Waals surface area contributed by atoms with Gasteiger partial charge in [0, 0.05) is 26.2 Å². The number of aliphatic hydroxyl groups is 2. The molecule has 7 nitrogen and oxygen atoms in total. The molecule has 2 fully saturated rings. The summed E-state index contributed by atoms with van der Waals surface area (Å²) in [6, 6.07) is 1.76. The maximum Gasteiger partial charge on any atom is 0.257 e. The van der Waals surface area contributed by atoms with E-state index in [1.54, 1.807) is 17.9 Å². The molecule has 0 spiro atoms. The summed E-state index contributed by atoms with van der Waals surface area (Å²) in [5.74, 6) is 0.580. The molecule has 0 radical (unpaired) electrons. The summed E-state index contributed by atoms with van der Waals surface area (Å²) in [7, 11) is 0. The van der Waals surface area contributed by atoms with Crippen molar-refractivity contribution in [3.63, 3.8) is 0 Å². The molecule has 0 unspecified atom stereocenters. The summed E-state index contributed by atoms with van der Waals surface area (Å²) in [6.45, 7) is 5.97. The molecule has 1 aromatic rings. The first kappa shape index (κ1) is 16.4. The monoisotopic (exact) mass is 324 g/mol. The molecule has 23 heavy (non-hydrogen) atoms. The number of nitrogens with zero attached hydrogens (tertiary/aromatic N) is 2.